The Morgan fingerprint density at radius 3 is 2.59 bits per heavy atom. The van der Waals surface area contributed by atoms with Gasteiger partial charge in [0.2, 0.25) is 10.0 Å². The van der Waals surface area contributed by atoms with Crippen molar-refractivity contribution in [1.82, 2.24) is 20.3 Å². The van der Waals surface area contributed by atoms with E-state index in [4.69, 9.17) is 0 Å². The Labute approximate surface area is 182 Å². The zero-order valence-corrected chi connectivity index (χ0v) is 19.8. The average Bonchev–Trinajstić information content (AvgIpc) is 2.95. The normalized spacial score (nSPS) is 11.8. The van der Waals surface area contributed by atoms with Crippen LogP contribution in [0.25, 0.3) is 0 Å². The molecule has 0 atom stereocenters. The van der Waals surface area contributed by atoms with Crippen molar-refractivity contribution in [3.05, 3.63) is 45.4 Å². The zero-order chi connectivity index (χ0) is 19.2. The van der Waals surface area contributed by atoms with Gasteiger partial charge in [-0.25, -0.2) is 23.1 Å². The lowest BCUT2D eigenvalue weighted by Crippen LogP contribution is -2.36. The van der Waals surface area contributed by atoms with E-state index >= 15 is 0 Å². The van der Waals surface area contributed by atoms with Gasteiger partial charge in [0.05, 0.1) is 23.7 Å². The van der Waals surface area contributed by atoms with Crippen LogP contribution >= 0.6 is 35.3 Å². The maximum absolute atomic E-state index is 11.9. The Kier molecular flexibility index (Phi) is 9.63. The van der Waals surface area contributed by atoms with E-state index < -0.39 is 10.0 Å². The van der Waals surface area contributed by atoms with Crippen LogP contribution in [0.4, 0.5) is 0 Å². The fraction of sp³-hybridized carbons (Fsp3) is 0.412. The number of aromatic nitrogens is 1. The van der Waals surface area contributed by atoms with E-state index in [-0.39, 0.29) is 28.9 Å². The van der Waals surface area contributed by atoms with Crippen LogP contribution < -0.4 is 15.4 Å². The van der Waals surface area contributed by atoms with Crippen molar-refractivity contribution in [2.45, 2.75) is 38.8 Å². The molecule has 0 bridgehead atoms. The summed E-state index contributed by atoms with van der Waals surface area (Å²) in [7, 11) is -2.06. The predicted molar refractivity (Wildman–Crippen MR) is 121 cm³/mol. The molecule has 150 valence electrons. The minimum Gasteiger partial charge on any atom is -0.357 e. The molecule has 10 heteroatoms. The molecular weight excluding hydrogens is 497 g/mol. The van der Waals surface area contributed by atoms with Gasteiger partial charge in [0.1, 0.15) is 5.01 Å². The van der Waals surface area contributed by atoms with Crippen molar-refractivity contribution in [1.29, 1.82) is 0 Å². The zero-order valence-electron chi connectivity index (χ0n) is 15.9. The summed E-state index contributed by atoms with van der Waals surface area (Å²) < 4.78 is 26.1. The first-order valence-electron chi connectivity index (χ1n) is 8.33. The third-order valence-corrected chi connectivity index (χ3v) is 6.21. The molecular formula is C17H26IN5O2S2. The van der Waals surface area contributed by atoms with Gasteiger partial charge in [0.25, 0.3) is 0 Å². The van der Waals surface area contributed by atoms with Gasteiger partial charge in [-0.3, -0.25) is 0 Å². The highest BCUT2D eigenvalue weighted by Gasteiger charge is 2.11. The molecule has 2 aromatic rings. The number of hydrogen-bond donors (Lipinski definition) is 3. The lowest BCUT2D eigenvalue weighted by atomic mass is 10.2. The van der Waals surface area contributed by atoms with Gasteiger partial charge < -0.3 is 10.6 Å². The molecule has 2 rings (SSSR count). The van der Waals surface area contributed by atoms with Gasteiger partial charge in [-0.05, 0) is 45.5 Å². The SMILES string of the molecule is CCNC(=NCc1cccc(S(=O)(=O)NC)c1)NCc1nc(C)c(C)s1.I. The maximum Gasteiger partial charge on any atom is 0.240 e. The molecule has 0 aliphatic heterocycles. The van der Waals surface area contributed by atoms with Crippen LogP contribution in [0.1, 0.15) is 28.1 Å². The van der Waals surface area contributed by atoms with Gasteiger partial charge in [-0.2, -0.15) is 0 Å². The Balaban J connectivity index is 0.00000364. The van der Waals surface area contributed by atoms with Crippen molar-refractivity contribution in [2.24, 2.45) is 4.99 Å². The average molecular weight is 523 g/mol. The second-order valence-electron chi connectivity index (χ2n) is 5.65. The molecule has 0 saturated carbocycles. The molecule has 0 aliphatic carbocycles. The second-order valence-corrected chi connectivity index (χ2v) is 8.83. The number of aryl methyl sites for hydroxylation is 2. The first kappa shape index (κ1) is 23.8. The molecule has 0 unspecified atom stereocenters. The number of nitrogens with one attached hydrogen (secondary N) is 3. The molecule has 0 aliphatic rings. The van der Waals surface area contributed by atoms with E-state index in [0.29, 0.717) is 19.0 Å². The van der Waals surface area contributed by atoms with Crippen molar-refractivity contribution in [3.63, 3.8) is 0 Å². The molecule has 0 fully saturated rings. The Morgan fingerprint density at radius 1 is 1.26 bits per heavy atom. The minimum absolute atomic E-state index is 0. The molecule has 0 spiro atoms. The lowest BCUT2D eigenvalue weighted by Gasteiger charge is -2.10. The van der Waals surface area contributed by atoms with Gasteiger partial charge in [-0.15, -0.1) is 35.3 Å². The van der Waals surface area contributed by atoms with Gasteiger partial charge in [0.15, 0.2) is 5.96 Å². The lowest BCUT2D eigenvalue weighted by molar-refractivity contribution is 0.588. The molecule has 0 radical (unpaired) electrons. The number of hydrogen-bond acceptors (Lipinski definition) is 5. The van der Waals surface area contributed by atoms with Crippen molar-refractivity contribution in [2.75, 3.05) is 13.6 Å². The highest BCUT2D eigenvalue weighted by atomic mass is 127. The number of benzene rings is 1. The maximum atomic E-state index is 11.9. The summed E-state index contributed by atoms with van der Waals surface area (Å²) in [6, 6.07) is 6.77. The number of thiazole rings is 1. The largest absolute Gasteiger partial charge is 0.357 e. The molecule has 27 heavy (non-hydrogen) atoms. The van der Waals surface area contributed by atoms with Crippen molar-refractivity contribution in [3.8, 4) is 0 Å². The van der Waals surface area contributed by atoms with Crippen molar-refractivity contribution >= 4 is 51.3 Å². The predicted octanol–water partition coefficient (Wildman–Crippen LogP) is 2.54. The third-order valence-electron chi connectivity index (χ3n) is 3.72. The van der Waals surface area contributed by atoms with E-state index in [1.807, 2.05) is 19.9 Å². The minimum atomic E-state index is -3.45. The monoisotopic (exact) mass is 523 g/mol. The van der Waals surface area contributed by atoms with E-state index in [1.165, 1.54) is 11.9 Å². The van der Waals surface area contributed by atoms with E-state index in [1.54, 1.807) is 29.5 Å². The second kappa shape index (κ2) is 10.9. The van der Waals surface area contributed by atoms with Gasteiger partial charge in [-0.1, -0.05) is 12.1 Å². The quantitative estimate of drug-likeness (QED) is 0.295. The Morgan fingerprint density at radius 2 is 2.00 bits per heavy atom. The Bertz CT molecular complexity index is 862. The molecule has 0 saturated heterocycles. The van der Waals surface area contributed by atoms with E-state index in [9.17, 15) is 8.42 Å². The number of guanidine groups is 1. The Hall–Kier alpha value is -1.24. The molecule has 1 aromatic heterocycles. The van der Waals surface area contributed by atoms with Gasteiger partial charge >= 0.3 is 0 Å². The van der Waals surface area contributed by atoms with Crippen LogP contribution in [0.3, 0.4) is 0 Å². The smallest absolute Gasteiger partial charge is 0.240 e. The highest BCUT2D eigenvalue weighted by molar-refractivity contribution is 14.0. The fourth-order valence-corrected chi connectivity index (χ4v) is 3.89. The van der Waals surface area contributed by atoms with Crippen LogP contribution in [-0.4, -0.2) is 33.0 Å². The summed E-state index contributed by atoms with van der Waals surface area (Å²) in [6.45, 7) is 7.76. The summed E-state index contributed by atoms with van der Waals surface area (Å²) in [6.07, 6.45) is 0. The van der Waals surface area contributed by atoms with E-state index in [2.05, 4.69) is 32.3 Å². The van der Waals surface area contributed by atoms with Crippen LogP contribution in [0.15, 0.2) is 34.2 Å². The summed E-state index contributed by atoms with van der Waals surface area (Å²) in [5, 5.41) is 7.45. The topological polar surface area (TPSA) is 95.5 Å². The van der Waals surface area contributed by atoms with Crippen LogP contribution in [0.5, 0.6) is 0 Å². The van der Waals surface area contributed by atoms with Crippen LogP contribution in [0.2, 0.25) is 0 Å². The molecule has 0 amide bonds. The fourth-order valence-electron chi connectivity index (χ4n) is 2.22. The van der Waals surface area contributed by atoms with Crippen LogP contribution in [-0.2, 0) is 23.1 Å². The van der Waals surface area contributed by atoms with Crippen molar-refractivity contribution < 1.29 is 8.42 Å². The summed E-state index contributed by atoms with van der Waals surface area (Å²) in [4.78, 5) is 10.5. The number of nitrogens with zero attached hydrogens (tertiary/aromatic N) is 2. The molecule has 1 aromatic carbocycles. The number of halogens is 1. The molecule has 3 N–H and O–H groups in total. The molecule has 1 heterocycles. The summed E-state index contributed by atoms with van der Waals surface area (Å²) in [5.74, 6) is 0.667. The summed E-state index contributed by atoms with van der Waals surface area (Å²) >= 11 is 1.67. The van der Waals surface area contributed by atoms with Gasteiger partial charge in [0, 0.05) is 11.4 Å². The summed E-state index contributed by atoms with van der Waals surface area (Å²) in [5.41, 5.74) is 1.87. The number of sulfonamides is 1. The highest BCUT2D eigenvalue weighted by Crippen LogP contribution is 2.16. The standard InChI is InChI=1S/C17H25N5O2S2.HI/c1-5-19-17(21-11-16-22-12(2)13(3)25-16)20-10-14-7-6-8-15(9-14)26(23,24)18-4;/h6-9,18H,5,10-11H2,1-4H3,(H2,19,20,21);1H. The van der Waals surface area contributed by atoms with E-state index in [0.717, 1.165) is 22.8 Å². The number of aliphatic imine (C=N–C) groups is 1. The number of rotatable bonds is 7. The first-order chi connectivity index (χ1) is 12.4. The first-order valence-corrected chi connectivity index (χ1v) is 10.6. The molecule has 7 nitrogen and oxygen atoms in total. The van der Waals surface area contributed by atoms with Crippen LogP contribution in [0, 0.1) is 13.8 Å². The third kappa shape index (κ3) is 7.01.